The summed E-state index contributed by atoms with van der Waals surface area (Å²) in [6, 6.07) is 16.0. The van der Waals surface area contributed by atoms with Crippen LogP contribution in [0.1, 0.15) is 16.8 Å². The molecule has 4 nitrogen and oxygen atoms in total. The Kier molecular flexibility index (Phi) is 8.52. The lowest BCUT2D eigenvalue weighted by molar-refractivity contribution is -0.119. The van der Waals surface area contributed by atoms with Crippen molar-refractivity contribution in [3.8, 4) is 11.1 Å². The van der Waals surface area contributed by atoms with Crippen LogP contribution in [-0.4, -0.2) is 21.8 Å². The van der Waals surface area contributed by atoms with E-state index in [-0.39, 0.29) is 30.6 Å². The first-order chi connectivity index (χ1) is 11.6. The number of hydrogen-bond acceptors (Lipinski definition) is 3. The van der Waals surface area contributed by atoms with Crippen LogP contribution in [0.2, 0.25) is 0 Å². The smallest absolute Gasteiger partial charge is 0.154 e. The molecule has 26 heavy (non-hydrogen) atoms. The molecule has 0 unspecified atom stereocenters. The number of halogens is 2. The number of nitrogens with zero attached hydrogens (tertiary/aromatic N) is 1. The molecule has 0 bridgehead atoms. The molecule has 0 aliphatic rings. The molecule has 0 amide bonds. The van der Waals surface area contributed by atoms with Gasteiger partial charge in [0.2, 0.25) is 0 Å². The maximum absolute atomic E-state index is 12.3. The van der Waals surface area contributed by atoms with E-state index in [1.807, 2.05) is 24.3 Å². The first-order valence-corrected chi connectivity index (χ1v) is 8.03. The summed E-state index contributed by atoms with van der Waals surface area (Å²) in [4.78, 5) is 19.2. The van der Waals surface area contributed by atoms with E-state index in [4.69, 9.17) is 5.73 Å². The van der Waals surface area contributed by atoms with Gasteiger partial charge in [-0.2, -0.15) is 0 Å². The lowest BCUT2D eigenvalue weighted by Gasteiger charge is -2.10. The summed E-state index contributed by atoms with van der Waals surface area (Å²) in [6.45, 7) is 2.07. The first-order valence-electron chi connectivity index (χ1n) is 8.03. The summed E-state index contributed by atoms with van der Waals surface area (Å²) in [6.07, 6.45) is 4.13. The predicted molar refractivity (Wildman–Crippen MR) is 110 cm³/mol. The molecule has 0 aliphatic heterocycles. The number of aryl methyl sites for hydroxylation is 1. The van der Waals surface area contributed by atoms with Gasteiger partial charge in [-0.15, -0.1) is 24.8 Å². The van der Waals surface area contributed by atoms with Crippen molar-refractivity contribution in [3.05, 3.63) is 77.9 Å². The van der Waals surface area contributed by atoms with Gasteiger partial charge in [-0.1, -0.05) is 54.1 Å². The Hall–Kier alpha value is -2.14. The largest absolute Gasteiger partial charge is 0.348 e. The molecule has 138 valence electrons. The number of imidazole rings is 1. The third-order valence-corrected chi connectivity index (χ3v) is 4.13. The third kappa shape index (κ3) is 5.70. The highest BCUT2D eigenvalue weighted by Crippen LogP contribution is 2.20. The van der Waals surface area contributed by atoms with E-state index < -0.39 is 6.04 Å². The highest BCUT2D eigenvalue weighted by molar-refractivity contribution is 5.86. The maximum atomic E-state index is 12.3. The minimum absolute atomic E-state index is 0. The molecule has 1 aromatic heterocycles. The fourth-order valence-corrected chi connectivity index (χ4v) is 2.64. The van der Waals surface area contributed by atoms with Gasteiger partial charge in [0.25, 0.3) is 0 Å². The topological polar surface area (TPSA) is 71.8 Å². The van der Waals surface area contributed by atoms with Crippen LogP contribution < -0.4 is 5.73 Å². The molecule has 6 heteroatoms. The summed E-state index contributed by atoms with van der Waals surface area (Å²) >= 11 is 0. The van der Waals surface area contributed by atoms with E-state index in [1.165, 1.54) is 11.1 Å². The van der Waals surface area contributed by atoms with Crippen LogP contribution in [0.25, 0.3) is 11.1 Å². The standard InChI is InChI=1S/C20H21N3O.2ClH/c1-14-2-6-16(7-3-14)17-8-4-15(5-9-17)10-20(24)19(21)11-18-12-22-13-23-18;;/h2-9,12-13,19H,10-11,21H2,1H3,(H,22,23);2*1H/t19-;;/m0../s1. The molecule has 3 N–H and O–H groups in total. The maximum Gasteiger partial charge on any atom is 0.154 e. The van der Waals surface area contributed by atoms with Gasteiger partial charge in [-0.3, -0.25) is 4.79 Å². The van der Waals surface area contributed by atoms with Crippen LogP contribution in [0, 0.1) is 6.92 Å². The molecule has 0 spiro atoms. The second kappa shape index (κ2) is 10.1. The number of aromatic nitrogens is 2. The molecule has 0 aliphatic carbocycles. The molecule has 0 saturated carbocycles. The van der Waals surface area contributed by atoms with Crippen molar-refractivity contribution in [1.82, 2.24) is 9.97 Å². The van der Waals surface area contributed by atoms with Gasteiger partial charge in [0.15, 0.2) is 5.78 Å². The summed E-state index contributed by atoms with van der Waals surface area (Å²) in [5.74, 6) is 0.0349. The first kappa shape index (κ1) is 21.9. The zero-order chi connectivity index (χ0) is 16.9. The average molecular weight is 392 g/mol. The molecular formula is C20H23Cl2N3O. The third-order valence-electron chi connectivity index (χ3n) is 4.13. The zero-order valence-corrected chi connectivity index (χ0v) is 16.1. The van der Waals surface area contributed by atoms with Crippen LogP contribution in [0.4, 0.5) is 0 Å². The summed E-state index contributed by atoms with van der Waals surface area (Å²) in [5, 5.41) is 0. The fraction of sp³-hybridized carbons (Fsp3) is 0.200. The summed E-state index contributed by atoms with van der Waals surface area (Å²) < 4.78 is 0. The summed E-state index contributed by atoms with van der Waals surface area (Å²) in [5.41, 5.74) is 11.4. The molecule has 3 rings (SSSR count). The normalized spacial score (nSPS) is 11.2. The van der Waals surface area contributed by atoms with Gasteiger partial charge in [0, 0.05) is 24.7 Å². The number of H-pyrrole nitrogens is 1. The molecule has 2 aromatic carbocycles. The number of nitrogens with two attached hydrogens (primary N) is 1. The van der Waals surface area contributed by atoms with Crippen molar-refractivity contribution in [2.75, 3.05) is 0 Å². The Labute approximate surface area is 166 Å². The lowest BCUT2D eigenvalue weighted by atomic mass is 9.98. The number of carbonyl (C=O) groups is 1. The Bertz CT molecular complexity index is 800. The van der Waals surface area contributed by atoms with E-state index in [9.17, 15) is 4.79 Å². The second-order valence-corrected chi connectivity index (χ2v) is 6.09. The number of carbonyl (C=O) groups excluding carboxylic acids is 1. The van der Waals surface area contributed by atoms with Gasteiger partial charge in [0.1, 0.15) is 0 Å². The van der Waals surface area contributed by atoms with Crippen molar-refractivity contribution >= 4 is 30.6 Å². The molecule has 1 heterocycles. The number of benzene rings is 2. The van der Waals surface area contributed by atoms with Crippen LogP contribution >= 0.6 is 24.8 Å². The molecule has 3 aromatic rings. The average Bonchev–Trinajstić information content (AvgIpc) is 3.09. The molecule has 0 radical (unpaired) electrons. The van der Waals surface area contributed by atoms with E-state index in [2.05, 4.69) is 41.2 Å². The van der Waals surface area contributed by atoms with E-state index in [1.54, 1.807) is 12.5 Å². The Morgan fingerprint density at radius 3 is 2.15 bits per heavy atom. The molecule has 1 atom stereocenters. The van der Waals surface area contributed by atoms with Crippen LogP contribution in [0.3, 0.4) is 0 Å². The van der Waals surface area contributed by atoms with Gasteiger partial charge in [0.05, 0.1) is 12.4 Å². The van der Waals surface area contributed by atoms with E-state index >= 15 is 0 Å². The minimum atomic E-state index is -0.512. The van der Waals surface area contributed by atoms with Gasteiger partial charge >= 0.3 is 0 Å². The molecule has 0 fully saturated rings. The Balaban J connectivity index is 0.00000169. The van der Waals surface area contributed by atoms with Crippen molar-refractivity contribution in [3.63, 3.8) is 0 Å². The monoisotopic (exact) mass is 391 g/mol. The number of ketones is 1. The van der Waals surface area contributed by atoms with Crippen LogP contribution in [-0.2, 0) is 17.6 Å². The SMILES string of the molecule is Cc1ccc(-c2ccc(CC(=O)[C@@H](N)Cc3cnc[nH]3)cc2)cc1.Cl.Cl. The zero-order valence-electron chi connectivity index (χ0n) is 14.5. The van der Waals surface area contributed by atoms with Crippen molar-refractivity contribution in [2.24, 2.45) is 5.73 Å². The Morgan fingerprint density at radius 1 is 1.04 bits per heavy atom. The lowest BCUT2D eigenvalue weighted by Crippen LogP contribution is -2.34. The number of rotatable bonds is 6. The van der Waals surface area contributed by atoms with Crippen molar-refractivity contribution in [1.29, 1.82) is 0 Å². The minimum Gasteiger partial charge on any atom is -0.348 e. The predicted octanol–water partition coefficient (Wildman–Crippen LogP) is 3.91. The molecule has 0 saturated heterocycles. The number of hydrogen-bond donors (Lipinski definition) is 2. The van der Waals surface area contributed by atoms with Crippen LogP contribution in [0.5, 0.6) is 0 Å². The van der Waals surface area contributed by atoms with Gasteiger partial charge in [-0.05, 0) is 23.6 Å². The quantitative estimate of drug-likeness (QED) is 0.668. The summed E-state index contributed by atoms with van der Waals surface area (Å²) in [7, 11) is 0. The highest BCUT2D eigenvalue weighted by atomic mass is 35.5. The number of Topliss-reactive ketones (excluding diaryl/α,β-unsaturated/α-hetero) is 1. The molecular weight excluding hydrogens is 369 g/mol. The fourth-order valence-electron chi connectivity index (χ4n) is 2.64. The highest BCUT2D eigenvalue weighted by Gasteiger charge is 2.15. The van der Waals surface area contributed by atoms with Gasteiger partial charge < -0.3 is 10.7 Å². The van der Waals surface area contributed by atoms with E-state index in [0.717, 1.165) is 16.8 Å². The van der Waals surface area contributed by atoms with E-state index in [0.29, 0.717) is 12.8 Å². The van der Waals surface area contributed by atoms with Crippen molar-refractivity contribution < 1.29 is 4.79 Å². The number of nitrogens with one attached hydrogen (secondary N) is 1. The van der Waals surface area contributed by atoms with Crippen molar-refractivity contribution in [2.45, 2.75) is 25.8 Å². The van der Waals surface area contributed by atoms with Crippen LogP contribution in [0.15, 0.2) is 61.1 Å². The number of aromatic amines is 1. The van der Waals surface area contributed by atoms with Gasteiger partial charge in [-0.25, -0.2) is 4.98 Å². The Morgan fingerprint density at radius 2 is 1.62 bits per heavy atom. The second-order valence-electron chi connectivity index (χ2n) is 6.09.